The Bertz CT molecular complexity index is 3240. The van der Waals surface area contributed by atoms with Crippen LogP contribution in [0.25, 0.3) is 0 Å². The molecular weight excluding hydrogens is 1140 g/mol. The van der Waals surface area contributed by atoms with E-state index >= 15 is 0 Å². The highest BCUT2D eigenvalue weighted by Crippen LogP contribution is 2.24. The first-order valence-corrected chi connectivity index (χ1v) is 27.2. The number of halogens is 1. The van der Waals surface area contributed by atoms with Crippen LogP contribution < -0.4 is 52.8 Å². The van der Waals surface area contributed by atoms with E-state index in [9.17, 15) is 54.3 Å². The molecule has 2 heterocycles. The topological polar surface area (TPSA) is 407 Å². The highest BCUT2D eigenvalue weighted by atomic mass is 35.5. The Labute approximate surface area is 503 Å². The van der Waals surface area contributed by atoms with Crippen LogP contribution in [-0.4, -0.2) is 153 Å². The lowest BCUT2D eigenvalue weighted by molar-refractivity contribution is -0.142. The van der Waals surface area contributed by atoms with Gasteiger partial charge in [-0.2, -0.15) is 0 Å². The van der Waals surface area contributed by atoms with Crippen LogP contribution in [0.4, 0.5) is 11.9 Å². The van der Waals surface area contributed by atoms with Gasteiger partial charge in [0.25, 0.3) is 23.6 Å². The minimum Gasteiger partial charge on any atom is -0.508 e. The van der Waals surface area contributed by atoms with Gasteiger partial charge in [-0.25, -0.2) is 29.5 Å². The molecule has 4 amide bonds. The summed E-state index contributed by atoms with van der Waals surface area (Å²) in [4.78, 5) is 93.5. The van der Waals surface area contributed by atoms with Gasteiger partial charge in [-0.05, 0) is 139 Å². The molecule has 4 aromatic carbocycles. The molecule has 0 aliphatic rings. The predicted molar refractivity (Wildman–Crippen MR) is 321 cm³/mol. The van der Waals surface area contributed by atoms with Crippen LogP contribution in [0.15, 0.2) is 84.9 Å². The Hall–Kier alpha value is -9.53. The number of carboxylic acid groups (broad SMARTS) is 1. The van der Waals surface area contributed by atoms with Gasteiger partial charge in [0.05, 0.1) is 54.2 Å². The fourth-order valence-corrected chi connectivity index (χ4v) is 8.39. The molecule has 27 heteroatoms. The summed E-state index contributed by atoms with van der Waals surface area (Å²) >= 11 is 0. The second-order valence-corrected chi connectivity index (χ2v) is 19.3. The number of amides is 4. The molecule has 0 bridgehead atoms. The number of esters is 1. The molecule has 0 aliphatic carbocycles. The van der Waals surface area contributed by atoms with Crippen molar-refractivity contribution in [2.45, 2.75) is 78.3 Å². The van der Waals surface area contributed by atoms with Crippen molar-refractivity contribution >= 4 is 59.9 Å². The number of nitrogens with one attached hydrogen (secondary N) is 6. The molecule has 26 nitrogen and oxygen atoms in total. The van der Waals surface area contributed by atoms with Gasteiger partial charge in [-0.1, -0.05) is 24.3 Å². The van der Waals surface area contributed by atoms with Gasteiger partial charge in [0, 0.05) is 49.4 Å². The summed E-state index contributed by atoms with van der Waals surface area (Å²) in [5.41, 5.74) is 14.9. The highest BCUT2D eigenvalue weighted by molar-refractivity contribution is 6.00. The van der Waals surface area contributed by atoms with E-state index in [1.807, 2.05) is 12.1 Å². The fourth-order valence-electron chi connectivity index (χ4n) is 8.39. The number of ether oxygens (including phenoxy) is 3. The van der Waals surface area contributed by atoms with Crippen LogP contribution in [0, 0.1) is 27.7 Å². The zero-order valence-electron chi connectivity index (χ0n) is 48.4. The molecule has 86 heavy (non-hydrogen) atoms. The Morgan fingerprint density at radius 2 is 0.919 bits per heavy atom. The number of carboxylic acids is 1. The molecule has 0 fully saturated rings. The van der Waals surface area contributed by atoms with Crippen molar-refractivity contribution in [3.8, 4) is 34.5 Å². The van der Waals surface area contributed by atoms with Gasteiger partial charge >= 0.3 is 11.9 Å². The summed E-state index contributed by atoms with van der Waals surface area (Å²) in [5.74, 6) is -3.39. The monoisotopic (exact) mass is 1210 g/mol. The molecule has 462 valence electrons. The number of hydrogen-bond donors (Lipinski definition) is 13. The molecule has 6 rings (SSSR count). The van der Waals surface area contributed by atoms with Crippen LogP contribution in [0.2, 0.25) is 0 Å². The van der Waals surface area contributed by atoms with E-state index in [2.05, 4.69) is 51.8 Å². The number of rotatable bonds is 30. The molecule has 15 N–H and O–H groups in total. The third-order valence-corrected chi connectivity index (χ3v) is 12.5. The number of nitrogens with zero attached hydrogens (tertiary/aromatic N) is 4. The van der Waals surface area contributed by atoms with Crippen LogP contribution in [0.1, 0.15) is 101 Å². The van der Waals surface area contributed by atoms with E-state index in [1.54, 1.807) is 64.1 Å². The average Bonchev–Trinajstić information content (AvgIpc) is 2.35. The maximum Gasteiger partial charge on any atom is 0.330 e. The quantitative estimate of drug-likeness (QED) is 0.0221. The first-order valence-electron chi connectivity index (χ1n) is 27.2. The molecule has 0 saturated carbocycles. The predicted octanol–water partition coefficient (Wildman–Crippen LogP) is 4.29. The first-order chi connectivity index (χ1) is 40.7. The van der Waals surface area contributed by atoms with E-state index in [0.717, 1.165) is 36.8 Å². The molecule has 6 aromatic rings. The lowest BCUT2D eigenvalue weighted by Gasteiger charge is -2.19. The number of carbonyl (C=O) groups is 6. The molecule has 0 radical (unpaired) electrons. The van der Waals surface area contributed by atoms with Crippen molar-refractivity contribution < 1.29 is 68.5 Å². The third kappa shape index (κ3) is 22.2. The Kier molecular flexibility index (Phi) is 28.0. The molecule has 0 saturated heterocycles. The average molecular weight is 1210 g/mol. The maximum atomic E-state index is 13.2. The molecule has 0 spiro atoms. The number of anilines is 2. The zero-order chi connectivity index (χ0) is 62.0. The van der Waals surface area contributed by atoms with E-state index in [0.29, 0.717) is 86.9 Å². The maximum absolute atomic E-state index is 13.2. The Balaban J connectivity index is 0.000000364. The highest BCUT2D eigenvalue weighted by Gasteiger charge is 2.27. The number of methoxy groups -OCH3 is 1. The van der Waals surface area contributed by atoms with Crippen LogP contribution in [0.3, 0.4) is 0 Å². The van der Waals surface area contributed by atoms with Gasteiger partial charge in [0.1, 0.15) is 46.6 Å². The Morgan fingerprint density at radius 3 is 1.29 bits per heavy atom. The lowest BCUT2D eigenvalue weighted by Crippen LogP contribution is -2.49. The minimum atomic E-state index is -1.45. The van der Waals surface area contributed by atoms with Crippen molar-refractivity contribution in [1.82, 2.24) is 41.2 Å². The van der Waals surface area contributed by atoms with E-state index < -0.39 is 54.2 Å². The number of carbonyl (C=O) groups excluding carboxylic acids is 5. The molecule has 0 unspecified atom stereocenters. The summed E-state index contributed by atoms with van der Waals surface area (Å²) in [6.07, 6.45) is 4.20. The first kappa shape index (κ1) is 69.0. The van der Waals surface area contributed by atoms with Gasteiger partial charge < -0.3 is 83.1 Å². The number of phenols is 4. The van der Waals surface area contributed by atoms with Crippen LogP contribution in [0.5, 0.6) is 34.5 Å². The van der Waals surface area contributed by atoms with E-state index in [1.165, 1.54) is 43.5 Å². The molecular formula is C59H75ClN12O14. The third-order valence-electron chi connectivity index (χ3n) is 12.5. The van der Waals surface area contributed by atoms with E-state index in [4.69, 9.17) is 25.7 Å². The van der Waals surface area contributed by atoms with Crippen molar-refractivity contribution in [3.05, 3.63) is 141 Å². The summed E-state index contributed by atoms with van der Waals surface area (Å²) in [6, 6.07) is 19.5. The van der Waals surface area contributed by atoms with E-state index in [-0.39, 0.29) is 75.7 Å². The number of benzene rings is 4. The minimum absolute atomic E-state index is 0. The van der Waals surface area contributed by atoms with Gasteiger partial charge in [-0.3, -0.25) is 19.2 Å². The van der Waals surface area contributed by atoms with Crippen LogP contribution in [-0.2, 0) is 27.2 Å². The number of nitrogens with two attached hydrogens (primary N) is 2. The SMILES string of the molecule is COC(=O)[C@H](CNC(=O)c1cc(O)cc(OCCCN)c1)NC(=O)c1c(C)nc(NCCCc2cccc(O)c2)nc1C.Cc1nc(NCCCc2cccc(O)c2)nc(C)c1C(=O)N[C@@H](CNC(=O)c1cc(O)cc(OCCCN)c1)C(=O)O.Cl. The van der Waals surface area contributed by atoms with Crippen molar-refractivity contribution in [1.29, 1.82) is 0 Å². The number of aliphatic carboxylic acids is 1. The number of aryl methyl sites for hydroxylation is 6. The smallest absolute Gasteiger partial charge is 0.330 e. The van der Waals surface area contributed by atoms with Crippen molar-refractivity contribution in [2.24, 2.45) is 11.5 Å². The lowest BCUT2D eigenvalue weighted by atomic mass is 10.1. The number of aromatic nitrogens is 4. The fraction of sp³-hybridized carbons (Fsp3) is 0.356. The number of hydrogen-bond acceptors (Lipinski definition) is 21. The summed E-state index contributed by atoms with van der Waals surface area (Å²) in [6.45, 7) is 8.45. The Morgan fingerprint density at radius 1 is 0.523 bits per heavy atom. The summed E-state index contributed by atoms with van der Waals surface area (Å²) in [7, 11) is 1.17. The van der Waals surface area contributed by atoms with Crippen LogP contribution >= 0.6 is 12.4 Å². The number of aromatic hydroxyl groups is 4. The molecule has 2 atom stereocenters. The second-order valence-electron chi connectivity index (χ2n) is 19.3. The van der Waals surface area contributed by atoms with Crippen molar-refractivity contribution in [2.75, 3.05) is 70.2 Å². The van der Waals surface area contributed by atoms with Crippen molar-refractivity contribution in [3.63, 3.8) is 0 Å². The van der Waals surface area contributed by atoms with Gasteiger partial charge in [-0.15, -0.1) is 12.4 Å². The molecule has 0 aliphatic heterocycles. The summed E-state index contributed by atoms with van der Waals surface area (Å²) in [5, 5.41) is 65.1. The second kappa shape index (κ2) is 34.9. The van der Waals surface area contributed by atoms with Gasteiger partial charge in [0.15, 0.2) is 0 Å². The zero-order valence-corrected chi connectivity index (χ0v) is 49.2. The number of phenolic OH excluding ortho intramolecular Hbond substituents is 4. The standard InChI is InChI=1S/C30H38N6O7.C29H36N6O7.ClH/c1-18-26(19(2)35-30(34-18)32-11-5-8-20-7-4-9-22(37)13-20)28(40)36-25(29(41)42-3)17-33-27(39)21-14-23(38)16-24(15-21)43-12-6-10-31;1-17-25(18(2)34-29(33-17)31-10-4-7-19-6-3-8-21(36)12-19)27(39)35-24(28(40)41)16-32-26(38)20-13-22(37)15-23(14-20)42-11-5-9-30;/h4,7,9,13-16,25,37-38H,5-6,8,10-12,17,31H2,1-3H3,(H,33,39)(H,36,40)(H,32,34,35);3,6,8,12-15,24,36-37H,4-5,7,9-11,16,30H2,1-2H3,(H,32,38)(H,35,39)(H,40,41)(H,31,33,34);1H/t25-;24-;/m00./s1. The normalized spacial score (nSPS) is 11.2. The summed E-state index contributed by atoms with van der Waals surface area (Å²) < 4.78 is 15.8. The largest absolute Gasteiger partial charge is 0.508 e. The molecule has 2 aromatic heterocycles. The van der Waals surface area contributed by atoms with Gasteiger partial charge in [0.2, 0.25) is 11.9 Å².